The summed E-state index contributed by atoms with van der Waals surface area (Å²) in [5.41, 5.74) is 17.1. The second-order valence-corrected chi connectivity index (χ2v) is 22.2. The van der Waals surface area contributed by atoms with Gasteiger partial charge in [0.2, 0.25) is 0 Å². The molecule has 0 fully saturated rings. The fraction of sp³-hybridized carbons (Fsp3) is 1.00. The lowest BCUT2D eigenvalue weighted by Crippen LogP contribution is -2.46. The van der Waals surface area contributed by atoms with E-state index < -0.39 is 38.5 Å². The van der Waals surface area contributed by atoms with Crippen molar-refractivity contribution in [2.75, 3.05) is 26.3 Å². The molecule has 59 heavy (non-hydrogen) atoms. The van der Waals surface area contributed by atoms with Crippen LogP contribution < -0.4 is 17.2 Å². The first kappa shape index (κ1) is 59.2. The largest absolute Gasteiger partial charge is 0.332 e. The van der Waals surface area contributed by atoms with Crippen molar-refractivity contribution in [2.45, 2.75) is 276 Å². The van der Waals surface area contributed by atoms with Gasteiger partial charge in [-0.3, -0.25) is 9.13 Å². The van der Waals surface area contributed by atoms with Gasteiger partial charge in [0.1, 0.15) is 0 Å². The Labute approximate surface area is 367 Å². The van der Waals surface area contributed by atoms with Crippen LogP contribution in [0.15, 0.2) is 0 Å². The van der Waals surface area contributed by atoms with Crippen LogP contribution in [0.5, 0.6) is 0 Å². The molecular weight excluding hydrogens is 776 g/mol. The van der Waals surface area contributed by atoms with Gasteiger partial charge in [-0.2, -0.15) is 0 Å². The van der Waals surface area contributed by atoms with Gasteiger partial charge < -0.3 is 36.0 Å². The molecule has 0 aromatic carbocycles. The Balaban J connectivity index is 5.73. The summed E-state index contributed by atoms with van der Waals surface area (Å²) in [7, 11) is -8.34. The second kappa shape index (κ2) is 42.1. The Morgan fingerprint density at radius 3 is 0.915 bits per heavy atom. The van der Waals surface area contributed by atoms with E-state index in [0.29, 0.717) is 19.3 Å². The molecule has 6 atom stereocenters. The second-order valence-electron chi connectivity index (χ2n) is 18.1. The van der Waals surface area contributed by atoms with Crippen LogP contribution in [0.4, 0.5) is 0 Å². The highest BCUT2D eigenvalue weighted by molar-refractivity contribution is 7.54. The van der Waals surface area contributed by atoms with Crippen LogP contribution in [-0.2, 0) is 18.2 Å². The minimum absolute atomic E-state index is 0.0108. The van der Waals surface area contributed by atoms with Gasteiger partial charge in [-0.15, -0.1) is 0 Å². The number of unbranched alkanes of at least 4 members (excludes halogenated alkanes) is 31. The zero-order valence-electron chi connectivity index (χ0n) is 39.5. The minimum Gasteiger partial charge on any atom is -0.328 e. The first-order valence-electron chi connectivity index (χ1n) is 25.7. The van der Waals surface area contributed by atoms with Crippen molar-refractivity contribution in [3.63, 3.8) is 0 Å². The Morgan fingerprint density at radius 1 is 0.390 bits per heavy atom. The van der Waals surface area contributed by atoms with Crippen molar-refractivity contribution in [1.82, 2.24) is 0 Å². The molecular formula is C48H103N3O6P2. The van der Waals surface area contributed by atoms with Crippen molar-refractivity contribution < 1.29 is 28.0 Å². The summed E-state index contributed by atoms with van der Waals surface area (Å²) >= 11 is 0. The van der Waals surface area contributed by atoms with Gasteiger partial charge >= 0.3 is 15.2 Å². The maximum Gasteiger partial charge on any atom is 0.332 e. The first-order valence-corrected chi connectivity index (χ1v) is 29.0. The molecule has 0 aliphatic rings. The fourth-order valence-corrected chi connectivity index (χ4v) is 12.6. The predicted molar refractivity (Wildman–Crippen MR) is 257 cm³/mol. The van der Waals surface area contributed by atoms with E-state index in [1.165, 1.54) is 161 Å². The summed E-state index contributed by atoms with van der Waals surface area (Å²) in [5, 5.41) is 0. The topological polar surface area (TPSA) is 171 Å². The van der Waals surface area contributed by atoms with Crippen LogP contribution in [-0.4, -0.2) is 53.4 Å². The van der Waals surface area contributed by atoms with Crippen LogP contribution in [0.25, 0.3) is 0 Å². The molecule has 8 N–H and O–H groups in total. The molecule has 356 valence electrons. The average molecular weight is 880 g/mol. The Hall–Kier alpha value is 0.180. The molecule has 0 radical (unpaired) electrons. The molecule has 0 aromatic rings. The fourth-order valence-electron chi connectivity index (χ4n) is 8.93. The van der Waals surface area contributed by atoms with E-state index in [9.17, 15) is 18.9 Å². The lowest BCUT2D eigenvalue weighted by Gasteiger charge is -2.38. The Bertz CT molecular complexity index is 979. The van der Waals surface area contributed by atoms with Gasteiger partial charge in [0.05, 0.1) is 24.5 Å². The quantitative estimate of drug-likeness (QED) is 0.0295. The maximum absolute atomic E-state index is 14.2. The van der Waals surface area contributed by atoms with Gasteiger partial charge in [-0.1, -0.05) is 239 Å². The van der Waals surface area contributed by atoms with Gasteiger partial charge in [0.25, 0.3) is 0 Å². The van der Waals surface area contributed by atoms with E-state index in [4.69, 9.17) is 26.2 Å². The monoisotopic (exact) mass is 880 g/mol. The minimum atomic E-state index is -4.18. The lowest BCUT2D eigenvalue weighted by atomic mass is 9.85. The molecule has 6 unspecified atom stereocenters. The summed E-state index contributed by atoms with van der Waals surface area (Å²) in [6.07, 6.45) is 42.4. The van der Waals surface area contributed by atoms with Gasteiger partial charge in [0.15, 0.2) is 0 Å². The summed E-state index contributed by atoms with van der Waals surface area (Å²) in [6.45, 7) is 6.99. The summed E-state index contributed by atoms with van der Waals surface area (Å²) in [6, 6.07) is -0.792. The highest BCUT2D eigenvalue weighted by Crippen LogP contribution is 2.57. The van der Waals surface area contributed by atoms with E-state index in [0.717, 1.165) is 57.8 Å². The molecule has 0 amide bonds. The van der Waals surface area contributed by atoms with Gasteiger partial charge in [0, 0.05) is 19.1 Å². The van der Waals surface area contributed by atoms with E-state index in [-0.39, 0.29) is 26.3 Å². The normalized spacial score (nSPS) is 16.1. The zero-order valence-corrected chi connectivity index (χ0v) is 41.2. The van der Waals surface area contributed by atoms with Crippen LogP contribution >= 0.6 is 15.2 Å². The molecule has 0 bridgehead atoms. The highest BCUT2D eigenvalue weighted by atomic mass is 31.2. The molecule has 0 aromatic heterocycles. The summed E-state index contributed by atoms with van der Waals surface area (Å²) in [4.78, 5) is 23.1. The smallest absolute Gasteiger partial charge is 0.328 e. The molecule has 0 spiro atoms. The SMILES string of the molecule is CCCCCCCCCCCCCCCC(C(N)C(CCCCCCCCCC)C(CCCCCCCCCCCCCCC)P(=O)(O)OCCN)P(=O)(O)OCCN. The first-order chi connectivity index (χ1) is 28.6. The lowest BCUT2D eigenvalue weighted by molar-refractivity contribution is 0.213. The third-order valence-electron chi connectivity index (χ3n) is 12.7. The van der Waals surface area contributed by atoms with Crippen molar-refractivity contribution in [1.29, 1.82) is 0 Å². The molecule has 0 aliphatic carbocycles. The molecule has 0 saturated carbocycles. The van der Waals surface area contributed by atoms with Crippen molar-refractivity contribution in [3.8, 4) is 0 Å². The molecule has 0 saturated heterocycles. The summed E-state index contributed by atoms with van der Waals surface area (Å²) < 4.78 is 39.5. The van der Waals surface area contributed by atoms with E-state index in [1.54, 1.807) is 0 Å². The summed E-state index contributed by atoms with van der Waals surface area (Å²) in [5.74, 6) is -0.463. The van der Waals surface area contributed by atoms with Gasteiger partial charge in [-0.05, 0) is 25.2 Å². The molecule has 0 aliphatic heterocycles. The molecule has 9 nitrogen and oxygen atoms in total. The van der Waals surface area contributed by atoms with Crippen molar-refractivity contribution in [3.05, 3.63) is 0 Å². The number of nitrogens with two attached hydrogens (primary N) is 3. The predicted octanol–water partition coefficient (Wildman–Crippen LogP) is 14.5. The van der Waals surface area contributed by atoms with Crippen LogP contribution in [0, 0.1) is 5.92 Å². The molecule has 11 heteroatoms. The third-order valence-corrected chi connectivity index (χ3v) is 16.7. The van der Waals surface area contributed by atoms with Crippen molar-refractivity contribution >= 4 is 15.2 Å². The van der Waals surface area contributed by atoms with Crippen LogP contribution in [0.1, 0.15) is 258 Å². The number of hydrogen-bond acceptors (Lipinski definition) is 7. The zero-order chi connectivity index (χ0) is 43.7. The molecule has 0 heterocycles. The standard InChI is InChI=1S/C48H103N3O6P2/c1-4-7-10-13-16-19-21-23-25-27-30-33-36-39-46(58(52,53)56-43-41-49)45(38-35-32-29-18-15-12-9-6-3)48(51)47(59(54,55)57-44-42-50)40-37-34-31-28-26-24-22-20-17-14-11-8-5-2/h45-48H,4-44,49-51H2,1-3H3,(H,52,53)(H,54,55). The third kappa shape index (κ3) is 33.4. The maximum atomic E-state index is 14.2. The van der Waals surface area contributed by atoms with Crippen LogP contribution in [0.2, 0.25) is 0 Å². The van der Waals surface area contributed by atoms with Crippen LogP contribution in [0.3, 0.4) is 0 Å². The highest BCUT2D eigenvalue weighted by Gasteiger charge is 2.47. The Kier molecular flexibility index (Phi) is 42.3. The Morgan fingerprint density at radius 2 is 0.627 bits per heavy atom. The number of rotatable bonds is 48. The number of hydrogen-bond donors (Lipinski definition) is 5. The van der Waals surface area contributed by atoms with Crippen molar-refractivity contribution in [2.24, 2.45) is 23.1 Å². The van der Waals surface area contributed by atoms with E-state index in [1.807, 2.05) is 0 Å². The average Bonchev–Trinajstić information content (AvgIpc) is 3.22. The molecule has 0 rings (SSSR count). The van der Waals surface area contributed by atoms with E-state index >= 15 is 0 Å². The van der Waals surface area contributed by atoms with E-state index in [2.05, 4.69) is 20.8 Å². The van der Waals surface area contributed by atoms with Gasteiger partial charge in [-0.25, -0.2) is 0 Å².